The predicted octanol–water partition coefficient (Wildman–Crippen LogP) is 3.23. The van der Waals surface area contributed by atoms with Gasteiger partial charge >= 0.3 is 0 Å². The van der Waals surface area contributed by atoms with Crippen LogP contribution in [0.4, 0.5) is 4.39 Å². The van der Waals surface area contributed by atoms with Crippen LogP contribution in [0.1, 0.15) is 5.56 Å². The highest BCUT2D eigenvalue weighted by atomic mass is 79.9. The number of ether oxygens (including phenoxy) is 1. The highest BCUT2D eigenvalue weighted by Gasteiger charge is 2.08. The molecule has 0 atom stereocenters. The maximum atomic E-state index is 13.5. The molecule has 0 spiro atoms. The van der Waals surface area contributed by atoms with Crippen molar-refractivity contribution >= 4 is 15.9 Å². The fraction of sp³-hybridized carbons (Fsp3) is 0.0833. The average Bonchev–Trinajstić information content (AvgIpc) is 2.34. The molecule has 0 unspecified atom stereocenters. The molecule has 2 N–H and O–H groups in total. The van der Waals surface area contributed by atoms with Crippen molar-refractivity contribution in [3.63, 3.8) is 0 Å². The Morgan fingerprint density at radius 1 is 1.29 bits per heavy atom. The summed E-state index contributed by atoms with van der Waals surface area (Å²) in [5.74, 6) is 0.243. The quantitative estimate of drug-likeness (QED) is 0.946. The highest BCUT2D eigenvalue weighted by Crippen LogP contribution is 2.29. The van der Waals surface area contributed by atoms with Crippen LogP contribution < -0.4 is 10.5 Å². The number of hydrogen-bond acceptors (Lipinski definition) is 3. The van der Waals surface area contributed by atoms with E-state index < -0.39 is 5.82 Å². The minimum atomic E-state index is -0.423. The second-order valence-corrected chi connectivity index (χ2v) is 4.28. The van der Waals surface area contributed by atoms with Crippen molar-refractivity contribution in [3.05, 3.63) is 52.5 Å². The van der Waals surface area contributed by atoms with E-state index in [0.717, 1.165) is 10.0 Å². The van der Waals surface area contributed by atoms with Crippen LogP contribution in [0.3, 0.4) is 0 Å². The van der Waals surface area contributed by atoms with Gasteiger partial charge in [-0.15, -0.1) is 0 Å². The first-order valence-corrected chi connectivity index (χ1v) is 5.76. The normalized spacial score (nSPS) is 10.3. The molecule has 0 aliphatic heterocycles. The number of pyridine rings is 1. The van der Waals surface area contributed by atoms with Gasteiger partial charge in [-0.1, -0.05) is 15.9 Å². The van der Waals surface area contributed by atoms with E-state index in [0.29, 0.717) is 12.3 Å². The number of nitrogens with two attached hydrogens (primary N) is 1. The van der Waals surface area contributed by atoms with Crippen molar-refractivity contribution in [2.75, 3.05) is 0 Å². The van der Waals surface area contributed by atoms with Gasteiger partial charge in [0.1, 0.15) is 5.75 Å². The minimum absolute atomic E-state index is 0.153. The molecule has 1 heterocycles. The smallest absolute Gasteiger partial charge is 0.165 e. The zero-order chi connectivity index (χ0) is 12.3. The number of aromatic nitrogens is 1. The van der Waals surface area contributed by atoms with Gasteiger partial charge in [-0.2, -0.15) is 0 Å². The van der Waals surface area contributed by atoms with Crippen molar-refractivity contribution in [2.45, 2.75) is 6.54 Å². The first-order chi connectivity index (χ1) is 8.20. The van der Waals surface area contributed by atoms with Gasteiger partial charge < -0.3 is 10.5 Å². The lowest BCUT2D eigenvalue weighted by molar-refractivity contribution is 0.437. The van der Waals surface area contributed by atoms with Crippen LogP contribution >= 0.6 is 15.9 Å². The summed E-state index contributed by atoms with van der Waals surface area (Å²) in [4.78, 5) is 3.93. The van der Waals surface area contributed by atoms with E-state index >= 15 is 0 Å². The molecule has 0 aliphatic carbocycles. The molecule has 1 aromatic carbocycles. The van der Waals surface area contributed by atoms with Crippen molar-refractivity contribution in [3.8, 4) is 11.5 Å². The molecule has 0 saturated heterocycles. The van der Waals surface area contributed by atoms with Gasteiger partial charge in [-0.25, -0.2) is 4.39 Å². The fourth-order valence-corrected chi connectivity index (χ4v) is 1.68. The zero-order valence-electron chi connectivity index (χ0n) is 8.86. The number of benzene rings is 1. The van der Waals surface area contributed by atoms with Crippen molar-refractivity contribution in [1.82, 2.24) is 4.98 Å². The van der Waals surface area contributed by atoms with Gasteiger partial charge in [0.15, 0.2) is 11.6 Å². The summed E-state index contributed by atoms with van der Waals surface area (Å²) in [5.41, 5.74) is 6.28. The van der Waals surface area contributed by atoms with E-state index in [-0.39, 0.29) is 5.75 Å². The maximum Gasteiger partial charge on any atom is 0.165 e. The van der Waals surface area contributed by atoms with Gasteiger partial charge in [0.25, 0.3) is 0 Å². The van der Waals surface area contributed by atoms with Gasteiger partial charge in [0.2, 0.25) is 0 Å². The molecule has 0 fully saturated rings. The number of halogens is 2. The summed E-state index contributed by atoms with van der Waals surface area (Å²) in [6, 6.07) is 6.17. The third kappa shape index (κ3) is 2.81. The summed E-state index contributed by atoms with van der Waals surface area (Å²) in [6.07, 6.45) is 3.18. The van der Waals surface area contributed by atoms with E-state index in [1.54, 1.807) is 30.6 Å². The molecule has 5 heteroatoms. The third-order valence-electron chi connectivity index (χ3n) is 2.19. The van der Waals surface area contributed by atoms with Crippen LogP contribution in [0.15, 0.2) is 41.1 Å². The molecule has 2 rings (SSSR count). The molecule has 2 aromatic rings. The van der Waals surface area contributed by atoms with Crippen molar-refractivity contribution in [1.29, 1.82) is 0 Å². The Morgan fingerprint density at radius 3 is 2.88 bits per heavy atom. The molecule has 0 saturated carbocycles. The summed E-state index contributed by atoms with van der Waals surface area (Å²) in [7, 11) is 0. The molecular weight excluding hydrogens is 287 g/mol. The van der Waals surface area contributed by atoms with Crippen molar-refractivity contribution < 1.29 is 9.13 Å². The van der Waals surface area contributed by atoms with Crippen LogP contribution in [0.5, 0.6) is 11.5 Å². The van der Waals surface area contributed by atoms with Crippen LogP contribution in [0, 0.1) is 5.82 Å². The average molecular weight is 297 g/mol. The SMILES string of the molecule is NCc1cnccc1Oc1cc(Br)ccc1F. The topological polar surface area (TPSA) is 48.1 Å². The zero-order valence-corrected chi connectivity index (χ0v) is 10.4. The van der Waals surface area contributed by atoms with Crippen LogP contribution in [-0.2, 0) is 6.54 Å². The van der Waals surface area contributed by atoms with E-state index in [4.69, 9.17) is 10.5 Å². The first-order valence-electron chi connectivity index (χ1n) is 4.96. The monoisotopic (exact) mass is 296 g/mol. The lowest BCUT2D eigenvalue weighted by atomic mass is 10.2. The number of rotatable bonds is 3. The molecule has 0 aliphatic rings. The molecule has 0 bridgehead atoms. The lowest BCUT2D eigenvalue weighted by Crippen LogP contribution is -2.00. The second-order valence-electron chi connectivity index (χ2n) is 3.36. The first kappa shape index (κ1) is 12.0. The summed E-state index contributed by atoms with van der Waals surface area (Å²) in [5, 5.41) is 0. The Kier molecular flexibility index (Phi) is 3.71. The van der Waals surface area contributed by atoms with E-state index in [2.05, 4.69) is 20.9 Å². The molecule has 0 amide bonds. The summed E-state index contributed by atoms with van der Waals surface area (Å²) < 4.78 is 19.7. The lowest BCUT2D eigenvalue weighted by Gasteiger charge is -2.10. The van der Waals surface area contributed by atoms with E-state index in [9.17, 15) is 4.39 Å². The Labute approximate surface area is 107 Å². The Balaban J connectivity index is 2.34. The van der Waals surface area contributed by atoms with Gasteiger partial charge in [-0.05, 0) is 24.3 Å². The maximum absolute atomic E-state index is 13.5. The molecule has 1 aromatic heterocycles. The van der Waals surface area contributed by atoms with Gasteiger partial charge in [-0.3, -0.25) is 4.98 Å². The minimum Gasteiger partial charge on any atom is -0.454 e. The van der Waals surface area contributed by atoms with E-state index in [1.165, 1.54) is 6.07 Å². The van der Waals surface area contributed by atoms with Crippen molar-refractivity contribution in [2.24, 2.45) is 5.73 Å². The second kappa shape index (κ2) is 5.25. The van der Waals surface area contributed by atoms with Gasteiger partial charge in [0.05, 0.1) is 0 Å². The Bertz CT molecular complexity index is 534. The highest BCUT2D eigenvalue weighted by molar-refractivity contribution is 9.10. The van der Waals surface area contributed by atoms with Crippen LogP contribution in [0.25, 0.3) is 0 Å². The van der Waals surface area contributed by atoms with E-state index in [1.807, 2.05) is 0 Å². The van der Waals surface area contributed by atoms with Crippen LogP contribution in [-0.4, -0.2) is 4.98 Å². The molecular formula is C12H10BrFN2O. The van der Waals surface area contributed by atoms with Gasteiger partial charge in [0, 0.05) is 29.0 Å². The number of hydrogen-bond donors (Lipinski definition) is 1. The standard InChI is InChI=1S/C12H10BrFN2O/c13-9-1-2-10(14)12(5-9)17-11-3-4-16-7-8(11)6-15/h1-5,7H,6,15H2. The third-order valence-corrected chi connectivity index (χ3v) is 2.69. The Hall–Kier alpha value is -1.46. The predicted molar refractivity (Wildman–Crippen MR) is 66.3 cm³/mol. The molecule has 3 nitrogen and oxygen atoms in total. The number of nitrogens with zero attached hydrogens (tertiary/aromatic N) is 1. The van der Waals surface area contributed by atoms with Crippen LogP contribution in [0.2, 0.25) is 0 Å². The largest absolute Gasteiger partial charge is 0.454 e. The summed E-state index contributed by atoms with van der Waals surface area (Å²) >= 11 is 3.26. The molecule has 17 heavy (non-hydrogen) atoms. The summed E-state index contributed by atoms with van der Waals surface area (Å²) in [6.45, 7) is 0.290. The molecule has 0 radical (unpaired) electrons. The fourth-order valence-electron chi connectivity index (χ4n) is 1.34. The molecule has 88 valence electrons. The Morgan fingerprint density at radius 2 is 2.12 bits per heavy atom.